The molecule has 3 aromatic heterocycles. The number of aromatic nitrogens is 2. The highest BCUT2D eigenvalue weighted by Gasteiger charge is 2.30. The van der Waals surface area contributed by atoms with E-state index in [1.165, 1.54) is 16.9 Å². The van der Waals surface area contributed by atoms with E-state index >= 15 is 0 Å². The van der Waals surface area contributed by atoms with Gasteiger partial charge in [-0.25, -0.2) is 4.98 Å². The smallest absolute Gasteiger partial charge is 0.263 e. The maximum atomic E-state index is 12.7. The van der Waals surface area contributed by atoms with Gasteiger partial charge in [-0.2, -0.15) is 0 Å². The van der Waals surface area contributed by atoms with Crippen LogP contribution in [0.5, 0.6) is 0 Å². The fourth-order valence-electron chi connectivity index (χ4n) is 3.86. The first kappa shape index (κ1) is 18.9. The molecule has 1 amide bonds. The SMILES string of the molecule is CC(C)(C)C1CCc2nc3sc(C(=O)NCc4cccnc4)c(N)c3cc2C1. The largest absolute Gasteiger partial charge is 0.397 e. The Morgan fingerprint density at radius 3 is 2.93 bits per heavy atom. The van der Waals surface area contributed by atoms with Gasteiger partial charge in [0, 0.05) is 30.0 Å². The molecular weight excluding hydrogens is 368 g/mol. The number of aryl methyl sites for hydroxylation is 1. The van der Waals surface area contributed by atoms with Crippen molar-refractivity contribution in [2.24, 2.45) is 11.3 Å². The quantitative estimate of drug-likeness (QED) is 0.692. The van der Waals surface area contributed by atoms with Crippen molar-refractivity contribution in [1.82, 2.24) is 15.3 Å². The number of anilines is 1. The van der Waals surface area contributed by atoms with Gasteiger partial charge in [0.15, 0.2) is 0 Å². The summed E-state index contributed by atoms with van der Waals surface area (Å²) in [5.41, 5.74) is 10.6. The number of nitrogens with two attached hydrogens (primary N) is 1. The molecule has 5 nitrogen and oxygen atoms in total. The highest BCUT2D eigenvalue weighted by Crippen LogP contribution is 2.40. The van der Waals surface area contributed by atoms with Crippen LogP contribution in [-0.4, -0.2) is 15.9 Å². The third-order valence-corrected chi connectivity index (χ3v) is 6.81. The summed E-state index contributed by atoms with van der Waals surface area (Å²) < 4.78 is 0. The molecule has 0 aliphatic heterocycles. The molecule has 3 aromatic rings. The number of hydrogen-bond donors (Lipinski definition) is 2. The lowest BCUT2D eigenvalue weighted by atomic mass is 9.71. The summed E-state index contributed by atoms with van der Waals surface area (Å²) in [5, 5.41) is 3.84. The van der Waals surface area contributed by atoms with E-state index in [9.17, 15) is 4.79 Å². The zero-order valence-electron chi connectivity index (χ0n) is 16.6. The van der Waals surface area contributed by atoms with Gasteiger partial charge in [-0.1, -0.05) is 26.8 Å². The summed E-state index contributed by atoms with van der Waals surface area (Å²) in [6.45, 7) is 7.34. The molecular formula is C22H26N4OS. The molecule has 3 heterocycles. The number of pyridine rings is 2. The molecule has 6 heteroatoms. The number of fused-ring (bicyclic) bond motifs is 2. The van der Waals surface area contributed by atoms with E-state index in [-0.39, 0.29) is 11.3 Å². The summed E-state index contributed by atoms with van der Waals surface area (Å²) >= 11 is 1.38. The van der Waals surface area contributed by atoms with Crippen molar-refractivity contribution in [1.29, 1.82) is 0 Å². The van der Waals surface area contributed by atoms with Crippen LogP contribution in [-0.2, 0) is 19.4 Å². The Labute approximate surface area is 169 Å². The molecule has 28 heavy (non-hydrogen) atoms. The monoisotopic (exact) mass is 394 g/mol. The highest BCUT2D eigenvalue weighted by molar-refractivity contribution is 7.21. The summed E-state index contributed by atoms with van der Waals surface area (Å²) in [5.74, 6) is 0.483. The molecule has 0 saturated carbocycles. The van der Waals surface area contributed by atoms with Crippen LogP contribution in [0.1, 0.15) is 53.7 Å². The lowest BCUT2D eigenvalue weighted by Gasteiger charge is -2.34. The number of thiophene rings is 1. The third kappa shape index (κ3) is 3.61. The molecule has 0 spiro atoms. The Hall–Kier alpha value is -2.47. The molecule has 1 atom stereocenters. The van der Waals surface area contributed by atoms with Crippen molar-refractivity contribution in [3.8, 4) is 0 Å². The molecule has 0 bridgehead atoms. The second kappa shape index (κ2) is 7.17. The predicted molar refractivity (Wildman–Crippen MR) is 114 cm³/mol. The topological polar surface area (TPSA) is 80.9 Å². The number of amides is 1. The van der Waals surface area contributed by atoms with Gasteiger partial charge in [0.1, 0.15) is 9.71 Å². The summed E-state index contributed by atoms with van der Waals surface area (Å²) in [4.78, 5) is 23.0. The summed E-state index contributed by atoms with van der Waals surface area (Å²) in [6, 6.07) is 5.96. The number of rotatable bonds is 3. The van der Waals surface area contributed by atoms with Crippen molar-refractivity contribution in [3.05, 3.63) is 52.3 Å². The fraction of sp³-hybridized carbons (Fsp3) is 0.409. The average molecular weight is 395 g/mol. The molecule has 146 valence electrons. The van der Waals surface area contributed by atoms with Crippen LogP contribution in [0.25, 0.3) is 10.2 Å². The van der Waals surface area contributed by atoms with E-state index < -0.39 is 0 Å². The summed E-state index contributed by atoms with van der Waals surface area (Å²) in [7, 11) is 0. The van der Waals surface area contributed by atoms with Crippen molar-refractivity contribution < 1.29 is 4.79 Å². The van der Waals surface area contributed by atoms with E-state index in [1.54, 1.807) is 12.4 Å². The molecule has 0 radical (unpaired) electrons. The second-order valence-electron chi connectivity index (χ2n) is 8.64. The fourth-order valence-corrected chi connectivity index (χ4v) is 4.88. The first-order chi connectivity index (χ1) is 13.3. The van der Waals surface area contributed by atoms with Crippen molar-refractivity contribution >= 4 is 33.1 Å². The van der Waals surface area contributed by atoms with Gasteiger partial charge in [0.2, 0.25) is 0 Å². The first-order valence-corrected chi connectivity index (χ1v) is 10.5. The van der Waals surface area contributed by atoms with Crippen LogP contribution < -0.4 is 11.1 Å². The second-order valence-corrected chi connectivity index (χ2v) is 9.64. The molecule has 4 rings (SSSR count). The van der Waals surface area contributed by atoms with Gasteiger partial charge in [0.05, 0.1) is 5.69 Å². The normalized spacial score (nSPS) is 16.8. The van der Waals surface area contributed by atoms with Crippen LogP contribution in [0, 0.1) is 11.3 Å². The van der Waals surface area contributed by atoms with E-state index in [0.717, 1.165) is 40.7 Å². The Morgan fingerprint density at radius 2 is 2.21 bits per heavy atom. The van der Waals surface area contributed by atoms with E-state index in [0.29, 0.717) is 23.0 Å². The maximum absolute atomic E-state index is 12.7. The molecule has 0 saturated heterocycles. The molecule has 1 aliphatic rings. The molecule has 0 aromatic carbocycles. The zero-order chi connectivity index (χ0) is 19.9. The highest BCUT2D eigenvalue weighted by atomic mass is 32.1. The van der Waals surface area contributed by atoms with Crippen molar-refractivity contribution in [3.63, 3.8) is 0 Å². The lowest BCUT2D eigenvalue weighted by molar-refractivity contribution is 0.0956. The van der Waals surface area contributed by atoms with Crippen LogP contribution in [0.2, 0.25) is 0 Å². The lowest BCUT2D eigenvalue weighted by Crippen LogP contribution is -2.27. The number of carbonyl (C=O) groups is 1. The van der Waals surface area contributed by atoms with Crippen molar-refractivity contribution in [2.75, 3.05) is 5.73 Å². The molecule has 1 unspecified atom stereocenters. The Bertz CT molecular complexity index is 1020. The van der Waals surface area contributed by atoms with Gasteiger partial charge in [0.25, 0.3) is 5.91 Å². The number of carbonyl (C=O) groups excluding carboxylic acids is 1. The summed E-state index contributed by atoms with van der Waals surface area (Å²) in [6.07, 6.45) is 6.64. The van der Waals surface area contributed by atoms with Gasteiger partial charge < -0.3 is 11.1 Å². The number of nitrogens with zero attached hydrogens (tertiary/aromatic N) is 2. The van der Waals surface area contributed by atoms with Crippen molar-refractivity contribution in [2.45, 2.75) is 46.6 Å². The Balaban J connectivity index is 1.60. The minimum Gasteiger partial charge on any atom is -0.397 e. The van der Waals surface area contributed by atoms with E-state index in [1.807, 2.05) is 12.1 Å². The van der Waals surface area contributed by atoms with E-state index in [4.69, 9.17) is 10.7 Å². The molecule has 1 aliphatic carbocycles. The Kier molecular flexibility index (Phi) is 4.83. The predicted octanol–water partition coefficient (Wildman–Crippen LogP) is 4.35. The van der Waals surface area contributed by atoms with Gasteiger partial charge in [-0.3, -0.25) is 9.78 Å². The number of nitrogen functional groups attached to an aromatic ring is 1. The standard InChI is InChI=1S/C22H26N4OS/c1-22(2,3)15-6-7-17-14(9-15)10-16-18(23)19(28-21(16)26-17)20(27)25-12-13-5-4-8-24-11-13/h4-5,8,10-11,15H,6-7,9,12,23H2,1-3H3,(H,25,27). The number of nitrogens with one attached hydrogen (secondary N) is 1. The zero-order valence-corrected chi connectivity index (χ0v) is 17.4. The van der Waals surface area contributed by atoms with Crippen LogP contribution in [0.3, 0.4) is 0 Å². The minimum atomic E-state index is -0.158. The van der Waals surface area contributed by atoms with Crippen LogP contribution >= 0.6 is 11.3 Å². The minimum absolute atomic E-state index is 0.158. The average Bonchev–Trinajstić information content (AvgIpc) is 3.00. The van der Waals surface area contributed by atoms with Gasteiger partial charge in [-0.15, -0.1) is 11.3 Å². The Morgan fingerprint density at radius 1 is 1.39 bits per heavy atom. The van der Waals surface area contributed by atoms with Crippen LogP contribution in [0.15, 0.2) is 30.6 Å². The molecule has 0 fully saturated rings. The molecule has 3 N–H and O–H groups in total. The third-order valence-electron chi connectivity index (χ3n) is 5.69. The maximum Gasteiger partial charge on any atom is 0.263 e. The van der Waals surface area contributed by atoms with Crippen LogP contribution in [0.4, 0.5) is 5.69 Å². The number of hydrogen-bond acceptors (Lipinski definition) is 5. The van der Waals surface area contributed by atoms with Gasteiger partial charge >= 0.3 is 0 Å². The van der Waals surface area contributed by atoms with Gasteiger partial charge in [-0.05, 0) is 53.9 Å². The van der Waals surface area contributed by atoms with E-state index in [2.05, 4.69) is 37.1 Å². The first-order valence-electron chi connectivity index (χ1n) is 9.71.